The van der Waals surface area contributed by atoms with Gasteiger partial charge >= 0.3 is 0 Å². The van der Waals surface area contributed by atoms with Crippen LogP contribution in [0.1, 0.15) is 11.1 Å². The van der Waals surface area contributed by atoms with Crippen LogP contribution in [0, 0.1) is 5.82 Å². The van der Waals surface area contributed by atoms with Gasteiger partial charge in [0.05, 0.1) is 12.0 Å². The first-order valence-electron chi connectivity index (χ1n) is 8.63. The fourth-order valence-corrected chi connectivity index (χ4v) is 5.16. The normalized spacial score (nSPS) is 19.0. The molecule has 7 heteroatoms. The third-order valence-electron chi connectivity index (χ3n) is 5.27. The van der Waals surface area contributed by atoms with Crippen molar-refractivity contribution in [2.75, 3.05) is 26.7 Å². The molecular formula is C19H21FN2O3S. The zero-order valence-electron chi connectivity index (χ0n) is 14.6. The van der Waals surface area contributed by atoms with Crippen LogP contribution in [0.4, 0.5) is 4.39 Å². The molecule has 2 aromatic carbocycles. The molecule has 1 saturated heterocycles. The van der Waals surface area contributed by atoms with Gasteiger partial charge in [0.1, 0.15) is 0 Å². The summed E-state index contributed by atoms with van der Waals surface area (Å²) in [5.41, 5.74) is 2.69. The van der Waals surface area contributed by atoms with E-state index < -0.39 is 15.8 Å². The summed E-state index contributed by atoms with van der Waals surface area (Å²) in [6, 6.07) is 12.4. The minimum Gasteiger partial charge on any atom is -0.494 e. The van der Waals surface area contributed by atoms with Gasteiger partial charge in [-0.15, -0.1) is 0 Å². The Morgan fingerprint density at radius 3 is 2.54 bits per heavy atom. The third-order valence-corrected chi connectivity index (χ3v) is 7.09. The van der Waals surface area contributed by atoms with Crippen LogP contribution in [0.5, 0.6) is 5.75 Å². The minimum atomic E-state index is -3.67. The summed E-state index contributed by atoms with van der Waals surface area (Å²) in [5.74, 6) is -0.629. The SMILES string of the molecule is COc1ccc(S(=O)(=O)N2CC(N3CCc4ccccc4C3)C2)cc1F. The Hall–Kier alpha value is -1.96. The van der Waals surface area contributed by atoms with Gasteiger partial charge in [-0.1, -0.05) is 24.3 Å². The molecule has 1 fully saturated rings. The Morgan fingerprint density at radius 1 is 1.12 bits per heavy atom. The van der Waals surface area contributed by atoms with Gasteiger partial charge in [-0.05, 0) is 35.7 Å². The van der Waals surface area contributed by atoms with E-state index in [0.717, 1.165) is 25.6 Å². The van der Waals surface area contributed by atoms with Gasteiger partial charge < -0.3 is 4.74 Å². The summed E-state index contributed by atoms with van der Waals surface area (Å²) in [7, 11) is -2.32. The largest absolute Gasteiger partial charge is 0.494 e. The number of hydrogen-bond acceptors (Lipinski definition) is 4. The highest BCUT2D eigenvalue weighted by molar-refractivity contribution is 7.89. The first kappa shape index (κ1) is 17.5. The van der Waals surface area contributed by atoms with Gasteiger partial charge in [0, 0.05) is 32.2 Å². The Balaban J connectivity index is 1.44. The first-order chi connectivity index (χ1) is 12.5. The molecule has 138 valence electrons. The van der Waals surface area contributed by atoms with Gasteiger partial charge in [-0.2, -0.15) is 4.31 Å². The molecule has 2 aromatic rings. The van der Waals surface area contributed by atoms with Gasteiger partial charge in [-0.25, -0.2) is 12.8 Å². The highest BCUT2D eigenvalue weighted by Gasteiger charge is 2.40. The number of nitrogens with zero attached hydrogens (tertiary/aromatic N) is 2. The van der Waals surface area contributed by atoms with Crippen molar-refractivity contribution in [3.05, 3.63) is 59.4 Å². The maximum atomic E-state index is 13.9. The second-order valence-electron chi connectivity index (χ2n) is 6.76. The Kier molecular flexibility index (Phi) is 4.46. The van der Waals surface area contributed by atoms with E-state index in [1.807, 2.05) is 6.07 Å². The molecule has 0 unspecified atom stereocenters. The number of ether oxygens (including phenoxy) is 1. The van der Waals surface area contributed by atoms with E-state index in [9.17, 15) is 12.8 Å². The first-order valence-corrected chi connectivity index (χ1v) is 10.1. The zero-order chi connectivity index (χ0) is 18.3. The quantitative estimate of drug-likeness (QED) is 0.821. The molecule has 0 aromatic heterocycles. The lowest BCUT2D eigenvalue weighted by molar-refractivity contribution is 0.0769. The average Bonchev–Trinajstić information content (AvgIpc) is 2.60. The second-order valence-corrected chi connectivity index (χ2v) is 8.70. The Labute approximate surface area is 153 Å². The number of hydrogen-bond donors (Lipinski definition) is 0. The fourth-order valence-electron chi connectivity index (χ4n) is 3.63. The molecule has 0 aliphatic carbocycles. The maximum absolute atomic E-state index is 13.9. The molecule has 0 amide bonds. The number of halogens is 1. The van der Waals surface area contributed by atoms with Crippen LogP contribution < -0.4 is 4.74 Å². The van der Waals surface area contributed by atoms with E-state index in [1.54, 1.807) is 0 Å². The average molecular weight is 376 g/mol. The number of methoxy groups -OCH3 is 1. The smallest absolute Gasteiger partial charge is 0.243 e. The third kappa shape index (κ3) is 3.00. The van der Waals surface area contributed by atoms with E-state index in [-0.39, 0.29) is 16.7 Å². The molecule has 0 N–H and O–H groups in total. The molecule has 0 atom stereocenters. The standard InChI is InChI=1S/C19H21FN2O3S/c1-25-19-7-6-17(10-18(19)20)26(23,24)22-12-16(13-22)21-9-8-14-4-2-3-5-15(14)11-21/h2-7,10,16H,8-9,11-13H2,1H3. The predicted molar refractivity (Wildman–Crippen MR) is 96.1 cm³/mol. The summed E-state index contributed by atoms with van der Waals surface area (Å²) in [5, 5.41) is 0. The minimum absolute atomic E-state index is 0.0294. The topological polar surface area (TPSA) is 49.9 Å². The summed E-state index contributed by atoms with van der Waals surface area (Å²) >= 11 is 0. The van der Waals surface area contributed by atoms with E-state index in [2.05, 4.69) is 23.1 Å². The summed E-state index contributed by atoms with van der Waals surface area (Å²) in [6.07, 6.45) is 0.989. The van der Waals surface area contributed by atoms with Crippen LogP contribution >= 0.6 is 0 Å². The van der Waals surface area contributed by atoms with Crippen molar-refractivity contribution in [2.45, 2.75) is 23.9 Å². The van der Waals surface area contributed by atoms with Crippen molar-refractivity contribution in [3.63, 3.8) is 0 Å². The molecule has 5 nitrogen and oxygen atoms in total. The number of sulfonamides is 1. The number of benzene rings is 2. The molecule has 2 heterocycles. The van der Waals surface area contributed by atoms with Crippen molar-refractivity contribution < 1.29 is 17.5 Å². The van der Waals surface area contributed by atoms with Crippen molar-refractivity contribution in [3.8, 4) is 5.75 Å². The summed E-state index contributed by atoms with van der Waals surface area (Å²) in [4.78, 5) is 2.31. The van der Waals surface area contributed by atoms with Crippen molar-refractivity contribution in [1.82, 2.24) is 9.21 Å². The fraction of sp³-hybridized carbons (Fsp3) is 0.368. The molecule has 2 aliphatic rings. The molecule has 0 spiro atoms. The lowest BCUT2D eigenvalue weighted by Gasteiger charge is -2.46. The van der Waals surface area contributed by atoms with Crippen LogP contribution in [-0.4, -0.2) is 50.4 Å². The van der Waals surface area contributed by atoms with Crippen LogP contribution in [0.25, 0.3) is 0 Å². The number of fused-ring (bicyclic) bond motifs is 1. The van der Waals surface area contributed by atoms with Crippen molar-refractivity contribution in [1.29, 1.82) is 0 Å². The predicted octanol–water partition coefficient (Wildman–Crippen LogP) is 2.27. The van der Waals surface area contributed by atoms with Crippen LogP contribution in [0.2, 0.25) is 0 Å². The Morgan fingerprint density at radius 2 is 1.85 bits per heavy atom. The van der Waals surface area contributed by atoms with E-state index in [0.29, 0.717) is 13.1 Å². The maximum Gasteiger partial charge on any atom is 0.243 e. The molecule has 0 saturated carbocycles. The molecule has 2 aliphatic heterocycles. The highest BCUT2D eigenvalue weighted by atomic mass is 32.2. The lowest BCUT2D eigenvalue weighted by atomic mass is 9.97. The van der Waals surface area contributed by atoms with Crippen molar-refractivity contribution >= 4 is 10.0 Å². The van der Waals surface area contributed by atoms with E-state index in [1.165, 1.54) is 34.7 Å². The zero-order valence-corrected chi connectivity index (χ0v) is 15.4. The molecule has 26 heavy (non-hydrogen) atoms. The highest BCUT2D eigenvalue weighted by Crippen LogP contribution is 2.29. The van der Waals surface area contributed by atoms with Crippen LogP contribution in [0.15, 0.2) is 47.4 Å². The van der Waals surface area contributed by atoms with E-state index >= 15 is 0 Å². The molecular weight excluding hydrogens is 355 g/mol. The van der Waals surface area contributed by atoms with Gasteiger partial charge in [0.15, 0.2) is 11.6 Å². The van der Waals surface area contributed by atoms with Gasteiger partial charge in [-0.3, -0.25) is 4.90 Å². The van der Waals surface area contributed by atoms with E-state index in [4.69, 9.17) is 4.74 Å². The van der Waals surface area contributed by atoms with Gasteiger partial charge in [0.2, 0.25) is 10.0 Å². The Bertz CT molecular complexity index is 926. The van der Waals surface area contributed by atoms with Gasteiger partial charge in [0.25, 0.3) is 0 Å². The molecule has 0 radical (unpaired) electrons. The van der Waals surface area contributed by atoms with Crippen molar-refractivity contribution in [2.24, 2.45) is 0 Å². The second kappa shape index (κ2) is 6.64. The summed E-state index contributed by atoms with van der Waals surface area (Å²) in [6.45, 7) is 2.68. The number of rotatable bonds is 4. The van der Waals surface area contributed by atoms with Crippen LogP contribution in [-0.2, 0) is 23.0 Å². The molecule has 4 rings (SSSR count). The lowest BCUT2D eigenvalue weighted by Crippen LogP contribution is -2.61. The van der Waals surface area contributed by atoms with Crippen LogP contribution in [0.3, 0.4) is 0 Å². The monoisotopic (exact) mass is 376 g/mol. The molecule has 0 bridgehead atoms. The summed E-state index contributed by atoms with van der Waals surface area (Å²) < 4.78 is 45.5.